The quantitative estimate of drug-likeness (QED) is 0.829. The molecule has 2 aromatic rings. The van der Waals surface area contributed by atoms with E-state index in [1.807, 2.05) is 6.07 Å². The van der Waals surface area contributed by atoms with Gasteiger partial charge in [-0.05, 0) is 30.0 Å². The highest BCUT2D eigenvalue weighted by molar-refractivity contribution is 5.42. The highest BCUT2D eigenvalue weighted by Crippen LogP contribution is 2.32. The van der Waals surface area contributed by atoms with Crippen molar-refractivity contribution >= 4 is 5.82 Å². The average molecular weight is 211 g/mol. The van der Waals surface area contributed by atoms with Gasteiger partial charge in [0, 0.05) is 6.20 Å². The molecule has 3 rings (SSSR count). The van der Waals surface area contributed by atoms with Gasteiger partial charge in [-0.15, -0.1) is 0 Å². The molecule has 1 heterocycles. The summed E-state index contributed by atoms with van der Waals surface area (Å²) in [5.41, 5.74) is 2.86. The maximum atomic E-state index is 4.19. The van der Waals surface area contributed by atoms with Crippen LogP contribution < -0.4 is 5.32 Å². The number of hydrogen-bond donors (Lipinski definition) is 1. The molecule has 0 spiro atoms. The average Bonchev–Trinajstić information content (AvgIpc) is 2.74. The Morgan fingerprint density at radius 1 is 1.19 bits per heavy atom. The summed E-state index contributed by atoms with van der Waals surface area (Å²) in [6.45, 7) is 0. The first-order chi connectivity index (χ1) is 7.93. The lowest BCUT2D eigenvalue weighted by Crippen LogP contribution is -2.08. The lowest BCUT2D eigenvalue weighted by Gasteiger charge is -2.14. The van der Waals surface area contributed by atoms with Crippen LogP contribution in [-0.2, 0) is 6.42 Å². The van der Waals surface area contributed by atoms with Crippen molar-refractivity contribution in [3.63, 3.8) is 0 Å². The second kappa shape index (κ2) is 3.93. The third-order valence-electron chi connectivity index (χ3n) is 3.04. The van der Waals surface area contributed by atoms with E-state index in [1.165, 1.54) is 11.1 Å². The Kier molecular flexibility index (Phi) is 2.29. The van der Waals surface area contributed by atoms with Crippen molar-refractivity contribution < 1.29 is 0 Å². The largest absolute Gasteiger partial charge is 0.363 e. The van der Waals surface area contributed by atoms with Gasteiger partial charge in [-0.25, -0.2) is 9.97 Å². The summed E-state index contributed by atoms with van der Waals surface area (Å²) in [7, 11) is 0. The number of aryl methyl sites for hydroxylation is 1. The molecular formula is C13H13N3. The van der Waals surface area contributed by atoms with Gasteiger partial charge in [0.25, 0.3) is 0 Å². The molecule has 80 valence electrons. The molecule has 1 N–H and O–H groups in total. The molecule has 0 amide bonds. The lowest BCUT2D eigenvalue weighted by atomic mass is 10.1. The Morgan fingerprint density at radius 3 is 3.00 bits per heavy atom. The zero-order valence-corrected chi connectivity index (χ0v) is 8.93. The molecule has 1 unspecified atom stereocenters. The monoisotopic (exact) mass is 211 g/mol. The van der Waals surface area contributed by atoms with Gasteiger partial charge >= 0.3 is 0 Å². The molecule has 0 bridgehead atoms. The zero-order chi connectivity index (χ0) is 10.8. The molecule has 16 heavy (non-hydrogen) atoms. The molecule has 1 aromatic heterocycles. The number of rotatable bonds is 2. The first-order valence-corrected chi connectivity index (χ1v) is 5.54. The smallest absolute Gasteiger partial charge is 0.129 e. The van der Waals surface area contributed by atoms with Gasteiger partial charge < -0.3 is 5.32 Å². The molecular weight excluding hydrogens is 198 g/mol. The minimum Gasteiger partial charge on any atom is -0.363 e. The van der Waals surface area contributed by atoms with Crippen LogP contribution in [-0.4, -0.2) is 9.97 Å². The van der Waals surface area contributed by atoms with Gasteiger partial charge in [0.15, 0.2) is 0 Å². The molecule has 0 radical (unpaired) electrons. The van der Waals surface area contributed by atoms with Gasteiger partial charge in [-0.3, -0.25) is 0 Å². The predicted octanol–water partition coefficient (Wildman–Crippen LogP) is 2.58. The highest BCUT2D eigenvalue weighted by atomic mass is 15.0. The van der Waals surface area contributed by atoms with E-state index >= 15 is 0 Å². The van der Waals surface area contributed by atoms with Crippen LogP contribution in [0.15, 0.2) is 42.9 Å². The van der Waals surface area contributed by atoms with Gasteiger partial charge in [0.1, 0.15) is 12.1 Å². The summed E-state index contributed by atoms with van der Waals surface area (Å²) >= 11 is 0. The Labute approximate surface area is 94.6 Å². The number of nitrogens with one attached hydrogen (secondary N) is 1. The SMILES string of the molecule is c1ccc2c(c1)CCC2Nc1ccncn1. The Bertz CT molecular complexity index is 482. The van der Waals surface area contributed by atoms with Crippen molar-refractivity contribution in [2.75, 3.05) is 5.32 Å². The number of anilines is 1. The summed E-state index contributed by atoms with van der Waals surface area (Å²) in [6, 6.07) is 10.9. The van der Waals surface area contributed by atoms with E-state index in [9.17, 15) is 0 Å². The molecule has 0 aliphatic heterocycles. The van der Waals surface area contributed by atoms with Crippen LogP contribution in [0.2, 0.25) is 0 Å². The van der Waals surface area contributed by atoms with E-state index in [1.54, 1.807) is 12.5 Å². The van der Waals surface area contributed by atoms with Gasteiger partial charge in [-0.1, -0.05) is 24.3 Å². The van der Waals surface area contributed by atoms with Crippen molar-refractivity contribution in [1.29, 1.82) is 0 Å². The van der Waals surface area contributed by atoms with Crippen molar-refractivity contribution in [3.8, 4) is 0 Å². The van der Waals surface area contributed by atoms with Crippen molar-refractivity contribution in [1.82, 2.24) is 9.97 Å². The molecule has 3 nitrogen and oxygen atoms in total. The van der Waals surface area contributed by atoms with E-state index in [-0.39, 0.29) is 0 Å². The van der Waals surface area contributed by atoms with Crippen molar-refractivity contribution in [2.24, 2.45) is 0 Å². The topological polar surface area (TPSA) is 37.8 Å². The van der Waals surface area contributed by atoms with Crippen LogP contribution in [0.5, 0.6) is 0 Å². The Morgan fingerprint density at radius 2 is 2.12 bits per heavy atom. The van der Waals surface area contributed by atoms with E-state index in [4.69, 9.17) is 0 Å². The van der Waals surface area contributed by atoms with Crippen LogP contribution in [0, 0.1) is 0 Å². The van der Waals surface area contributed by atoms with Crippen molar-refractivity contribution in [2.45, 2.75) is 18.9 Å². The maximum absolute atomic E-state index is 4.19. The molecule has 0 saturated carbocycles. The molecule has 3 heteroatoms. The molecule has 1 aliphatic carbocycles. The van der Waals surface area contributed by atoms with E-state index in [2.05, 4.69) is 39.6 Å². The number of nitrogens with zero attached hydrogens (tertiary/aromatic N) is 2. The molecule has 1 atom stereocenters. The number of aromatic nitrogens is 2. The Balaban J connectivity index is 1.84. The first-order valence-electron chi connectivity index (χ1n) is 5.54. The third-order valence-corrected chi connectivity index (χ3v) is 3.04. The minimum atomic E-state index is 0.395. The lowest BCUT2D eigenvalue weighted by molar-refractivity contribution is 0.756. The second-order valence-electron chi connectivity index (χ2n) is 4.03. The van der Waals surface area contributed by atoms with Crippen LogP contribution in [0.1, 0.15) is 23.6 Å². The fraction of sp³-hybridized carbons (Fsp3) is 0.231. The maximum Gasteiger partial charge on any atom is 0.129 e. The van der Waals surface area contributed by atoms with Crippen LogP contribution in [0.4, 0.5) is 5.82 Å². The van der Waals surface area contributed by atoms with Crippen LogP contribution in [0.25, 0.3) is 0 Å². The molecule has 1 aliphatic rings. The van der Waals surface area contributed by atoms with E-state index < -0.39 is 0 Å². The fourth-order valence-corrected chi connectivity index (χ4v) is 2.26. The third kappa shape index (κ3) is 1.65. The van der Waals surface area contributed by atoms with E-state index in [0.29, 0.717) is 6.04 Å². The van der Waals surface area contributed by atoms with E-state index in [0.717, 1.165) is 18.7 Å². The highest BCUT2D eigenvalue weighted by Gasteiger charge is 2.21. The van der Waals surface area contributed by atoms with Crippen LogP contribution >= 0.6 is 0 Å². The molecule has 1 aromatic carbocycles. The van der Waals surface area contributed by atoms with Crippen molar-refractivity contribution in [3.05, 3.63) is 54.0 Å². The summed E-state index contributed by atoms with van der Waals surface area (Å²) < 4.78 is 0. The summed E-state index contributed by atoms with van der Waals surface area (Å²) in [5.74, 6) is 0.900. The Hall–Kier alpha value is -1.90. The molecule has 0 fully saturated rings. The van der Waals surface area contributed by atoms with Gasteiger partial charge in [-0.2, -0.15) is 0 Å². The standard InChI is InChI=1S/C13H13N3/c1-2-4-11-10(3-1)5-6-12(11)16-13-7-8-14-9-15-13/h1-4,7-9,12H,5-6H2,(H,14,15,16). The van der Waals surface area contributed by atoms with Gasteiger partial charge in [0.05, 0.1) is 6.04 Å². The first kappa shape index (κ1) is 9.33. The predicted molar refractivity (Wildman–Crippen MR) is 63.2 cm³/mol. The van der Waals surface area contributed by atoms with Gasteiger partial charge in [0.2, 0.25) is 0 Å². The molecule has 0 saturated heterocycles. The normalized spacial score (nSPS) is 18.1. The summed E-state index contributed by atoms with van der Waals surface area (Å²) in [6.07, 6.45) is 5.63. The van der Waals surface area contributed by atoms with Crippen LogP contribution in [0.3, 0.4) is 0 Å². The number of benzene rings is 1. The summed E-state index contributed by atoms with van der Waals surface area (Å²) in [5, 5.41) is 3.45. The minimum absolute atomic E-state index is 0.395. The fourth-order valence-electron chi connectivity index (χ4n) is 2.26. The summed E-state index contributed by atoms with van der Waals surface area (Å²) in [4.78, 5) is 8.11. The second-order valence-corrected chi connectivity index (χ2v) is 4.03. The number of fused-ring (bicyclic) bond motifs is 1. The zero-order valence-electron chi connectivity index (χ0n) is 8.93. The number of hydrogen-bond acceptors (Lipinski definition) is 3.